The molecule has 1 N–H and O–H groups in total. The van der Waals surface area contributed by atoms with E-state index in [1.54, 1.807) is 12.1 Å². The average Bonchev–Trinajstić information content (AvgIpc) is 2.36. The molecule has 0 heterocycles. The topological polar surface area (TPSA) is 66.5 Å². The van der Waals surface area contributed by atoms with Gasteiger partial charge in [0.2, 0.25) is 15.9 Å². The molecule has 0 saturated carbocycles. The Morgan fingerprint density at radius 3 is 2.50 bits per heavy atom. The minimum Gasteiger partial charge on any atom is -0.355 e. The Morgan fingerprint density at radius 1 is 1.30 bits per heavy atom. The first-order valence-corrected chi connectivity index (χ1v) is 8.42. The van der Waals surface area contributed by atoms with Gasteiger partial charge in [0, 0.05) is 6.54 Å². The second-order valence-electron chi connectivity index (χ2n) is 4.84. The van der Waals surface area contributed by atoms with Gasteiger partial charge in [-0.25, -0.2) is 8.42 Å². The fourth-order valence-corrected chi connectivity index (χ4v) is 2.74. The maximum Gasteiger partial charge on any atom is 0.240 e. The van der Waals surface area contributed by atoms with Crippen LogP contribution in [0.4, 0.5) is 5.69 Å². The molecule has 5 nitrogen and oxygen atoms in total. The van der Waals surface area contributed by atoms with Gasteiger partial charge in [-0.2, -0.15) is 0 Å². The van der Waals surface area contributed by atoms with E-state index >= 15 is 0 Å². The van der Waals surface area contributed by atoms with Crippen molar-refractivity contribution in [1.29, 1.82) is 0 Å². The molecule has 0 saturated heterocycles. The van der Waals surface area contributed by atoms with Crippen molar-refractivity contribution in [2.24, 2.45) is 0 Å². The van der Waals surface area contributed by atoms with Gasteiger partial charge < -0.3 is 5.32 Å². The zero-order chi connectivity index (χ0) is 15.3. The van der Waals surface area contributed by atoms with Crippen molar-refractivity contribution >= 4 is 21.6 Å². The molecule has 1 amide bonds. The highest BCUT2D eigenvalue weighted by Gasteiger charge is 2.22. The van der Waals surface area contributed by atoms with Gasteiger partial charge in [-0.3, -0.25) is 9.10 Å². The Labute approximate surface area is 121 Å². The number of anilines is 1. The van der Waals surface area contributed by atoms with Gasteiger partial charge in [-0.05, 0) is 37.5 Å². The van der Waals surface area contributed by atoms with E-state index in [0.717, 1.165) is 28.1 Å². The van der Waals surface area contributed by atoms with E-state index in [2.05, 4.69) is 5.32 Å². The highest BCUT2D eigenvalue weighted by Crippen LogP contribution is 2.24. The molecule has 0 aliphatic carbocycles. The van der Waals surface area contributed by atoms with Crippen LogP contribution in [0.1, 0.15) is 24.5 Å². The number of nitrogens with zero attached hydrogens (tertiary/aromatic N) is 1. The van der Waals surface area contributed by atoms with Crippen molar-refractivity contribution < 1.29 is 13.2 Å². The third-order valence-electron chi connectivity index (χ3n) is 3.10. The van der Waals surface area contributed by atoms with Crippen molar-refractivity contribution in [3.8, 4) is 0 Å². The van der Waals surface area contributed by atoms with Gasteiger partial charge >= 0.3 is 0 Å². The molecule has 0 spiro atoms. The van der Waals surface area contributed by atoms with E-state index in [4.69, 9.17) is 0 Å². The van der Waals surface area contributed by atoms with Crippen LogP contribution in [-0.4, -0.2) is 33.7 Å². The average molecular weight is 298 g/mol. The Balaban J connectivity index is 3.08. The largest absolute Gasteiger partial charge is 0.355 e. The lowest BCUT2D eigenvalue weighted by Crippen LogP contribution is -2.41. The highest BCUT2D eigenvalue weighted by atomic mass is 32.2. The number of rotatable bonds is 6. The van der Waals surface area contributed by atoms with Crippen molar-refractivity contribution in [2.75, 3.05) is 23.7 Å². The summed E-state index contributed by atoms with van der Waals surface area (Å²) in [7, 11) is -3.50. The SMILES string of the molecule is CCCNC(=O)CN(c1cccc(C)c1C)S(C)(=O)=O. The molecule has 0 fully saturated rings. The molecule has 1 aromatic rings. The van der Waals surface area contributed by atoms with Gasteiger partial charge in [0.1, 0.15) is 6.54 Å². The van der Waals surface area contributed by atoms with Crippen LogP contribution in [0.2, 0.25) is 0 Å². The van der Waals surface area contributed by atoms with Crippen LogP contribution < -0.4 is 9.62 Å². The second-order valence-corrected chi connectivity index (χ2v) is 6.75. The fraction of sp³-hybridized carbons (Fsp3) is 0.500. The van der Waals surface area contributed by atoms with Crippen LogP contribution in [0.3, 0.4) is 0 Å². The zero-order valence-electron chi connectivity index (χ0n) is 12.4. The number of nitrogens with one attached hydrogen (secondary N) is 1. The van der Waals surface area contributed by atoms with E-state index in [9.17, 15) is 13.2 Å². The fourth-order valence-electron chi connectivity index (χ4n) is 1.84. The number of hydrogen-bond donors (Lipinski definition) is 1. The molecular formula is C14H22N2O3S. The quantitative estimate of drug-likeness (QED) is 0.867. The van der Waals surface area contributed by atoms with Gasteiger partial charge in [0.25, 0.3) is 0 Å². The first-order chi connectivity index (χ1) is 9.27. The molecule has 0 aromatic heterocycles. The van der Waals surface area contributed by atoms with E-state index in [-0.39, 0.29) is 12.5 Å². The lowest BCUT2D eigenvalue weighted by Gasteiger charge is -2.24. The standard InChI is InChI=1S/C14H22N2O3S/c1-5-9-15-14(17)10-16(20(4,18)19)13-8-6-7-11(2)12(13)3/h6-8H,5,9-10H2,1-4H3,(H,15,17). The van der Waals surface area contributed by atoms with Gasteiger partial charge in [-0.15, -0.1) is 0 Å². The molecule has 1 aromatic carbocycles. The first kappa shape index (κ1) is 16.5. The van der Waals surface area contributed by atoms with Crippen LogP contribution in [-0.2, 0) is 14.8 Å². The lowest BCUT2D eigenvalue weighted by molar-refractivity contribution is -0.119. The minimum atomic E-state index is -3.50. The summed E-state index contributed by atoms with van der Waals surface area (Å²) in [6.07, 6.45) is 1.93. The third kappa shape index (κ3) is 4.23. The molecule has 20 heavy (non-hydrogen) atoms. The molecule has 1 rings (SSSR count). The summed E-state index contributed by atoms with van der Waals surface area (Å²) in [5.41, 5.74) is 2.41. The summed E-state index contributed by atoms with van der Waals surface area (Å²) < 4.78 is 25.1. The number of benzene rings is 1. The number of carbonyl (C=O) groups is 1. The van der Waals surface area contributed by atoms with Gasteiger partial charge in [-0.1, -0.05) is 19.1 Å². The predicted octanol–water partition coefficient (Wildman–Crippen LogP) is 1.60. The van der Waals surface area contributed by atoms with E-state index in [0.29, 0.717) is 12.2 Å². The van der Waals surface area contributed by atoms with Crippen LogP contribution in [0, 0.1) is 13.8 Å². The maximum atomic E-state index is 12.0. The van der Waals surface area contributed by atoms with Crippen molar-refractivity contribution in [1.82, 2.24) is 5.32 Å². The molecule has 0 bridgehead atoms. The van der Waals surface area contributed by atoms with Gasteiger partial charge in [0.05, 0.1) is 11.9 Å². The van der Waals surface area contributed by atoms with Crippen molar-refractivity contribution in [3.63, 3.8) is 0 Å². The molecule has 0 atom stereocenters. The normalized spacial score (nSPS) is 11.2. The Kier molecular flexibility index (Phi) is 5.56. The smallest absolute Gasteiger partial charge is 0.240 e. The molecule has 0 unspecified atom stereocenters. The van der Waals surface area contributed by atoms with Crippen LogP contribution in [0.5, 0.6) is 0 Å². The van der Waals surface area contributed by atoms with Gasteiger partial charge in [0.15, 0.2) is 0 Å². The van der Waals surface area contributed by atoms with Crippen LogP contribution in [0.15, 0.2) is 18.2 Å². The molecule has 0 aliphatic rings. The van der Waals surface area contributed by atoms with Crippen LogP contribution >= 0.6 is 0 Å². The summed E-state index contributed by atoms with van der Waals surface area (Å²) in [5.74, 6) is -0.293. The number of amides is 1. The Bertz CT molecular complexity index is 582. The van der Waals surface area contributed by atoms with Crippen molar-refractivity contribution in [3.05, 3.63) is 29.3 Å². The number of carbonyl (C=O) groups excluding carboxylic acids is 1. The number of aryl methyl sites for hydroxylation is 1. The lowest BCUT2D eigenvalue weighted by atomic mass is 10.1. The molecule has 0 radical (unpaired) electrons. The molecular weight excluding hydrogens is 276 g/mol. The Hall–Kier alpha value is -1.56. The predicted molar refractivity (Wildman–Crippen MR) is 81.4 cm³/mol. The monoisotopic (exact) mass is 298 g/mol. The van der Waals surface area contributed by atoms with Crippen LogP contribution in [0.25, 0.3) is 0 Å². The maximum absolute atomic E-state index is 12.0. The zero-order valence-corrected chi connectivity index (χ0v) is 13.3. The second kappa shape index (κ2) is 6.74. The van der Waals surface area contributed by atoms with E-state index in [1.807, 2.05) is 26.8 Å². The number of hydrogen-bond acceptors (Lipinski definition) is 3. The Morgan fingerprint density at radius 2 is 1.95 bits per heavy atom. The summed E-state index contributed by atoms with van der Waals surface area (Å²) in [4.78, 5) is 11.8. The highest BCUT2D eigenvalue weighted by molar-refractivity contribution is 7.92. The molecule has 112 valence electrons. The minimum absolute atomic E-state index is 0.191. The number of sulfonamides is 1. The first-order valence-electron chi connectivity index (χ1n) is 6.58. The van der Waals surface area contributed by atoms with Crippen molar-refractivity contribution in [2.45, 2.75) is 27.2 Å². The van der Waals surface area contributed by atoms with E-state index in [1.165, 1.54) is 0 Å². The van der Waals surface area contributed by atoms with E-state index < -0.39 is 10.0 Å². The summed E-state index contributed by atoms with van der Waals surface area (Å²) >= 11 is 0. The summed E-state index contributed by atoms with van der Waals surface area (Å²) in [5, 5.41) is 2.69. The third-order valence-corrected chi connectivity index (χ3v) is 4.23. The molecule has 0 aliphatic heterocycles. The summed E-state index contributed by atoms with van der Waals surface area (Å²) in [6.45, 7) is 6.06. The molecule has 6 heteroatoms. The summed E-state index contributed by atoms with van der Waals surface area (Å²) in [6, 6.07) is 5.42.